The maximum absolute atomic E-state index is 12.3. The summed E-state index contributed by atoms with van der Waals surface area (Å²) in [7, 11) is 0. The average Bonchev–Trinajstić information content (AvgIpc) is 2.86. The fourth-order valence-electron chi connectivity index (χ4n) is 2.62. The van der Waals surface area contributed by atoms with E-state index in [0.29, 0.717) is 24.2 Å². The van der Waals surface area contributed by atoms with Crippen LogP contribution in [0.1, 0.15) is 30.4 Å². The van der Waals surface area contributed by atoms with E-state index in [0.717, 1.165) is 12.0 Å². The van der Waals surface area contributed by atoms with Gasteiger partial charge in [-0.2, -0.15) is 5.26 Å². The van der Waals surface area contributed by atoms with E-state index in [1.165, 1.54) is 4.90 Å². The van der Waals surface area contributed by atoms with E-state index in [2.05, 4.69) is 11.4 Å². The molecule has 0 saturated carbocycles. The van der Waals surface area contributed by atoms with Crippen molar-refractivity contribution in [2.24, 2.45) is 0 Å². The number of anilines is 1. The van der Waals surface area contributed by atoms with Gasteiger partial charge in [0.15, 0.2) is 0 Å². The van der Waals surface area contributed by atoms with Gasteiger partial charge in [0.2, 0.25) is 0 Å². The van der Waals surface area contributed by atoms with Gasteiger partial charge in [0.05, 0.1) is 17.7 Å². The second kappa shape index (κ2) is 6.27. The fraction of sp³-hybridized carbons (Fsp3) is 0.400. The normalized spacial score (nSPS) is 17.3. The first-order chi connectivity index (χ1) is 10.0. The van der Waals surface area contributed by atoms with Crippen molar-refractivity contribution in [3.05, 3.63) is 29.3 Å². The highest BCUT2D eigenvalue weighted by Gasteiger charge is 2.30. The molecule has 1 aliphatic heterocycles. The molecule has 0 aliphatic carbocycles. The lowest BCUT2D eigenvalue weighted by molar-refractivity contribution is -0.137. The smallest absolute Gasteiger partial charge is 0.322 e. The van der Waals surface area contributed by atoms with Crippen LogP contribution in [0.3, 0.4) is 0 Å². The van der Waals surface area contributed by atoms with Gasteiger partial charge in [-0.25, -0.2) is 4.79 Å². The molecule has 6 nitrogen and oxygen atoms in total. The van der Waals surface area contributed by atoms with Gasteiger partial charge in [0.25, 0.3) is 0 Å². The van der Waals surface area contributed by atoms with Crippen LogP contribution in [0.25, 0.3) is 0 Å². The molecule has 6 heteroatoms. The predicted octanol–water partition coefficient (Wildman–Crippen LogP) is 2.34. The molecule has 1 atom stereocenters. The van der Waals surface area contributed by atoms with Gasteiger partial charge >= 0.3 is 12.0 Å². The third-order valence-corrected chi connectivity index (χ3v) is 3.67. The number of rotatable bonds is 3. The Balaban J connectivity index is 2.13. The summed E-state index contributed by atoms with van der Waals surface area (Å²) < 4.78 is 0. The van der Waals surface area contributed by atoms with Crippen LogP contribution in [0.4, 0.5) is 10.5 Å². The highest BCUT2D eigenvalue weighted by molar-refractivity contribution is 5.91. The van der Waals surface area contributed by atoms with E-state index in [1.807, 2.05) is 0 Å². The molecule has 110 valence electrons. The number of hydrogen-bond donors (Lipinski definition) is 2. The van der Waals surface area contributed by atoms with Gasteiger partial charge in [-0.1, -0.05) is 12.1 Å². The Bertz CT molecular complexity index is 607. The lowest BCUT2D eigenvalue weighted by Gasteiger charge is -2.24. The number of hydrogen-bond acceptors (Lipinski definition) is 3. The molecule has 0 bridgehead atoms. The Kier molecular flexibility index (Phi) is 4.43. The highest BCUT2D eigenvalue weighted by Crippen LogP contribution is 2.23. The molecule has 1 aromatic rings. The number of nitriles is 1. The Morgan fingerprint density at radius 3 is 2.95 bits per heavy atom. The first-order valence-electron chi connectivity index (χ1n) is 6.82. The minimum Gasteiger partial charge on any atom is -0.481 e. The van der Waals surface area contributed by atoms with E-state index in [-0.39, 0.29) is 18.5 Å². The first kappa shape index (κ1) is 14.9. The van der Waals surface area contributed by atoms with Crippen molar-refractivity contribution < 1.29 is 14.7 Å². The molecule has 2 N–H and O–H groups in total. The summed E-state index contributed by atoms with van der Waals surface area (Å²) in [5.74, 6) is -0.909. The number of carboxylic acid groups (broad SMARTS) is 1. The van der Waals surface area contributed by atoms with Crippen molar-refractivity contribution in [3.63, 3.8) is 0 Å². The summed E-state index contributed by atoms with van der Waals surface area (Å²) in [5, 5.41) is 20.8. The number of nitrogens with zero attached hydrogens (tertiary/aromatic N) is 2. The summed E-state index contributed by atoms with van der Waals surface area (Å²) in [6.45, 7) is 2.34. The zero-order valence-electron chi connectivity index (χ0n) is 11.8. The number of carbonyl (C=O) groups excluding carboxylic acids is 1. The Morgan fingerprint density at radius 2 is 2.29 bits per heavy atom. The number of likely N-dealkylation sites (tertiary alicyclic amines) is 1. The van der Waals surface area contributed by atoms with Crippen LogP contribution in [-0.4, -0.2) is 34.6 Å². The zero-order chi connectivity index (χ0) is 15.4. The van der Waals surface area contributed by atoms with E-state index in [9.17, 15) is 9.59 Å². The van der Waals surface area contributed by atoms with Crippen LogP contribution in [-0.2, 0) is 4.79 Å². The average molecular weight is 287 g/mol. The molecule has 1 heterocycles. The number of amides is 2. The molecule has 1 aromatic carbocycles. The molecule has 0 spiro atoms. The van der Waals surface area contributed by atoms with Gasteiger partial charge < -0.3 is 15.3 Å². The molecule has 2 rings (SSSR count). The number of aliphatic carboxylic acids is 1. The summed E-state index contributed by atoms with van der Waals surface area (Å²) in [6.07, 6.45) is 1.44. The minimum absolute atomic E-state index is 0.0493. The van der Waals surface area contributed by atoms with E-state index in [4.69, 9.17) is 10.4 Å². The van der Waals surface area contributed by atoms with Crippen molar-refractivity contribution in [2.75, 3.05) is 11.9 Å². The maximum Gasteiger partial charge on any atom is 0.322 e. The molecular weight excluding hydrogens is 270 g/mol. The SMILES string of the molecule is Cc1cccc(NC(=O)N2CCCC2CC(=O)O)c1C#N. The third kappa shape index (κ3) is 3.31. The Labute approximate surface area is 123 Å². The van der Waals surface area contributed by atoms with Crippen LogP contribution in [0, 0.1) is 18.3 Å². The molecule has 0 aromatic heterocycles. The second-order valence-electron chi connectivity index (χ2n) is 5.13. The van der Waals surface area contributed by atoms with E-state index in [1.54, 1.807) is 25.1 Å². The summed E-state index contributed by atoms with van der Waals surface area (Å²) >= 11 is 0. The first-order valence-corrected chi connectivity index (χ1v) is 6.82. The fourth-order valence-corrected chi connectivity index (χ4v) is 2.62. The number of benzene rings is 1. The van der Waals surface area contributed by atoms with E-state index >= 15 is 0 Å². The molecule has 1 unspecified atom stereocenters. The van der Waals surface area contributed by atoms with Gasteiger partial charge in [0, 0.05) is 12.6 Å². The lowest BCUT2D eigenvalue weighted by atomic mass is 10.1. The van der Waals surface area contributed by atoms with Crippen molar-refractivity contribution in [1.82, 2.24) is 4.90 Å². The van der Waals surface area contributed by atoms with Gasteiger partial charge in [0.1, 0.15) is 6.07 Å². The topological polar surface area (TPSA) is 93.4 Å². The molecule has 2 amide bonds. The molecule has 21 heavy (non-hydrogen) atoms. The monoisotopic (exact) mass is 287 g/mol. The van der Waals surface area contributed by atoms with Crippen LogP contribution >= 0.6 is 0 Å². The summed E-state index contributed by atoms with van der Waals surface area (Å²) in [6, 6.07) is 6.69. The van der Waals surface area contributed by atoms with Gasteiger partial charge in [-0.3, -0.25) is 4.79 Å². The van der Waals surface area contributed by atoms with Crippen molar-refractivity contribution in [2.45, 2.75) is 32.2 Å². The molecule has 1 fully saturated rings. The number of nitrogens with one attached hydrogen (secondary N) is 1. The largest absolute Gasteiger partial charge is 0.481 e. The standard InChI is InChI=1S/C15H17N3O3/c1-10-4-2-6-13(12(10)9-16)17-15(21)18-7-3-5-11(18)8-14(19)20/h2,4,6,11H,3,5,7-8H2,1H3,(H,17,21)(H,19,20). The second-order valence-corrected chi connectivity index (χ2v) is 5.13. The van der Waals surface area contributed by atoms with Crippen LogP contribution in [0.15, 0.2) is 18.2 Å². The summed E-state index contributed by atoms with van der Waals surface area (Å²) in [4.78, 5) is 24.7. The molecule has 0 radical (unpaired) electrons. The Morgan fingerprint density at radius 1 is 1.52 bits per heavy atom. The quantitative estimate of drug-likeness (QED) is 0.892. The maximum atomic E-state index is 12.3. The number of urea groups is 1. The van der Waals surface area contributed by atoms with Crippen LogP contribution < -0.4 is 5.32 Å². The Hall–Kier alpha value is -2.55. The third-order valence-electron chi connectivity index (χ3n) is 3.67. The van der Waals surface area contributed by atoms with Crippen molar-refractivity contribution in [1.29, 1.82) is 5.26 Å². The number of aryl methyl sites for hydroxylation is 1. The molecule has 1 aliphatic rings. The van der Waals surface area contributed by atoms with Crippen molar-refractivity contribution in [3.8, 4) is 6.07 Å². The van der Waals surface area contributed by atoms with Gasteiger partial charge in [-0.15, -0.1) is 0 Å². The van der Waals surface area contributed by atoms with E-state index < -0.39 is 5.97 Å². The van der Waals surface area contributed by atoms with Crippen molar-refractivity contribution >= 4 is 17.7 Å². The predicted molar refractivity (Wildman–Crippen MR) is 76.9 cm³/mol. The molecular formula is C15H17N3O3. The zero-order valence-corrected chi connectivity index (χ0v) is 11.8. The minimum atomic E-state index is -0.909. The van der Waals surface area contributed by atoms with Crippen LogP contribution in [0.5, 0.6) is 0 Å². The summed E-state index contributed by atoms with van der Waals surface area (Å²) in [5.41, 5.74) is 1.68. The number of carbonyl (C=O) groups is 2. The molecule has 1 saturated heterocycles. The lowest BCUT2D eigenvalue weighted by Crippen LogP contribution is -2.39. The number of carboxylic acids is 1. The van der Waals surface area contributed by atoms with Crippen LogP contribution in [0.2, 0.25) is 0 Å². The van der Waals surface area contributed by atoms with Gasteiger partial charge in [-0.05, 0) is 31.4 Å². The highest BCUT2D eigenvalue weighted by atomic mass is 16.4.